The second-order valence-electron chi connectivity index (χ2n) is 10.2. The number of hydrogen-bond acceptors (Lipinski definition) is 5. The topological polar surface area (TPSA) is 70.3 Å². The molecule has 1 aliphatic rings. The van der Waals surface area contributed by atoms with Gasteiger partial charge in [-0.25, -0.2) is 0 Å². The van der Waals surface area contributed by atoms with Crippen molar-refractivity contribution in [3.8, 4) is 22.9 Å². The zero-order valence-electron chi connectivity index (χ0n) is 22.5. The van der Waals surface area contributed by atoms with E-state index in [1.807, 2.05) is 50.7 Å². The summed E-state index contributed by atoms with van der Waals surface area (Å²) in [5.41, 5.74) is 7.92. The van der Waals surface area contributed by atoms with Crippen molar-refractivity contribution >= 4 is 17.1 Å². The second-order valence-corrected chi connectivity index (χ2v) is 10.2. The van der Waals surface area contributed by atoms with E-state index in [1.54, 1.807) is 0 Å². The SMILES string of the molecule is CNC1(/C(C)=C/N=CC(C)C)c2ccc(C#N)c(c2)COc2cccc(c2)-c2cc(C)nc3ccc1cc23. The van der Waals surface area contributed by atoms with Gasteiger partial charge in [-0.05, 0) is 97.1 Å². The van der Waals surface area contributed by atoms with Crippen molar-refractivity contribution in [1.29, 1.82) is 5.26 Å². The molecule has 5 nitrogen and oxygen atoms in total. The highest BCUT2D eigenvalue weighted by Crippen LogP contribution is 2.41. The van der Waals surface area contributed by atoms with E-state index in [-0.39, 0.29) is 6.61 Å². The van der Waals surface area contributed by atoms with Crippen molar-refractivity contribution < 1.29 is 4.74 Å². The highest BCUT2D eigenvalue weighted by Gasteiger charge is 2.36. The molecule has 1 unspecified atom stereocenters. The maximum Gasteiger partial charge on any atom is 0.120 e. The number of likely N-dealkylation sites (N-methyl/N-ethyl adjacent to an activating group) is 1. The summed E-state index contributed by atoms with van der Waals surface area (Å²) < 4.78 is 6.26. The van der Waals surface area contributed by atoms with Crippen molar-refractivity contribution in [2.45, 2.75) is 39.8 Å². The number of rotatable bonds is 4. The Kier molecular flexibility index (Phi) is 6.84. The van der Waals surface area contributed by atoms with Crippen molar-refractivity contribution in [3.63, 3.8) is 0 Å². The Morgan fingerprint density at radius 2 is 1.89 bits per heavy atom. The standard InChI is InChI=1S/C33H32N4O/c1-21(2)18-36-19-22(3)33(35-5)27-10-9-25(17-34)26(14-27)20-38-29-8-6-7-24(15-29)30-13-23(4)37-32-12-11-28(33)16-31(30)32/h6-16,18-19,21,35H,20H2,1-5H3/b22-19+,36-18?. The van der Waals surface area contributed by atoms with Crippen LogP contribution < -0.4 is 10.1 Å². The van der Waals surface area contributed by atoms with Crippen LogP contribution in [0.3, 0.4) is 0 Å². The van der Waals surface area contributed by atoms with Gasteiger partial charge >= 0.3 is 0 Å². The van der Waals surface area contributed by atoms with Crippen LogP contribution in [-0.4, -0.2) is 18.2 Å². The molecule has 3 aromatic carbocycles. The first kappa shape index (κ1) is 25.4. The molecule has 6 bridgehead atoms. The van der Waals surface area contributed by atoms with Gasteiger partial charge in [0.1, 0.15) is 12.4 Å². The first-order valence-electron chi connectivity index (χ1n) is 12.9. The Hall–Kier alpha value is -4.27. The van der Waals surface area contributed by atoms with Crippen LogP contribution in [0.15, 0.2) is 83.5 Å². The smallest absolute Gasteiger partial charge is 0.120 e. The third-order valence-corrected chi connectivity index (χ3v) is 7.19. The maximum absolute atomic E-state index is 9.87. The van der Waals surface area contributed by atoms with Gasteiger partial charge in [-0.2, -0.15) is 5.26 Å². The Morgan fingerprint density at radius 3 is 2.66 bits per heavy atom. The van der Waals surface area contributed by atoms with E-state index in [4.69, 9.17) is 9.72 Å². The Balaban J connectivity index is 1.88. The van der Waals surface area contributed by atoms with Gasteiger partial charge in [0.05, 0.1) is 22.7 Å². The van der Waals surface area contributed by atoms with Gasteiger partial charge in [-0.1, -0.05) is 38.1 Å². The van der Waals surface area contributed by atoms with Gasteiger partial charge < -0.3 is 10.1 Å². The molecule has 5 rings (SSSR count). The fraction of sp³-hybridized carbons (Fsp3) is 0.242. The minimum absolute atomic E-state index is 0.288. The number of fused-ring (bicyclic) bond motifs is 6. The van der Waals surface area contributed by atoms with Crippen molar-refractivity contribution in [2.24, 2.45) is 10.9 Å². The summed E-state index contributed by atoms with van der Waals surface area (Å²) in [7, 11) is 1.97. The van der Waals surface area contributed by atoms with Crippen LogP contribution in [0.5, 0.6) is 5.75 Å². The Morgan fingerprint density at radius 1 is 1.11 bits per heavy atom. The Bertz CT molecular complexity index is 1630. The van der Waals surface area contributed by atoms with Crippen molar-refractivity contribution in [3.05, 3.63) is 106 Å². The molecule has 38 heavy (non-hydrogen) atoms. The lowest BCUT2D eigenvalue weighted by Crippen LogP contribution is -2.42. The van der Waals surface area contributed by atoms with E-state index in [1.165, 1.54) is 0 Å². The molecule has 0 fully saturated rings. The largest absolute Gasteiger partial charge is 0.489 e. The second kappa shape index (κ2) is 10.2. The molecule has 1 aliphatic heterocycles. The lowest BCUT2D eigenvalue weighted by molar-refractivity contribution is 0.305. The summed E-state index contributed by atoms with van der Waals surface area (Å²) in [5.74, 6) is 1.10. The van der Waals surface area contributed by atoms with Gasteiger partial charge in [0.25, 0.3) is 0 Å². The summed E-state index contributed by atoms with van der Waals surface area (Å²) in [6.45, 7) is 8.64. The highest BCUT2D eigenvalue weighted by atomic mass is 16.5. The average Bonchev–Trinajstić information content (AvgIpc) is 2.92. The molecule has 0 radical (unpaired) electrons. The number of nitriles is 1. The van der Waals surface area contributed by atoms with Crippen LogP contribution in [-0.2, 0) is 12.1 Å². The number of benzene rings is 3. The molecule has 1 N–H and O–H groups in total. The number of aromatic nitrogens is 1. The third kappa shape index (κ3) is 4.49. The van der Waals surface area contributed by atoms with Crippen molar-refractivity contribution in [1.82, 2.24) is 10.3 Å². The van der Waals surface area contributed by atoms with E-state index < -0.39 is 5.54 Å². The fourth-order valence-corrected chi connectivity index (χ4v) is 5.33. The van der Waals surface area contributed by atoms with Crippen LogP contribution in [0.2, 0.25) is 0 Å². The molecule has 0 saturated heterocycles. The number of hydrogen-bond donors (Lipinski definition) is 1. The minimum Gasteiger partial charge on any atom is -0.489 e. The van der Waals surface area contributed by atoms with E-state index in [2.05, 4.69) is 79.6 Å². The zero-order chi connectivity index (χ0) is 26.9. The van der Waals surface area contributed by atoms with Gasteiger partial charge in [-0.15, -0.1) is 0 Å². The highest BCUT2D eigenvalue weighted by molar-refractivity contribution is 5.95. The summed E-state index contributed by atoms with van der Waals surface area (Å²) in [4.78, 5) is 9.49. The van der Waals surface area contributed by atoms with Gasteiger partial charge in [0.15, 0.2) is 0 Å². The molecule has 0 amide bonds. The quantitative estimate of drug-likeness (QED) is 0.304. The molecular formula is C33H32N4O. The number of nitrogens with one attached hydrogen (secondary N) is 1. The van der Waals surface area contributed by atoms with Crippen LogP contribution in [0.1, 0.15) is 48.7 Å². The predicted molar refractivity (Wildman–Crippen MR) is 154 cm³/mol. The van der Waals surface area contributed by atoms with Crippen LogP contribution >= 0.6 is 0 Å². The average molecular weight is 501 g/mol. The van der Waals surface area contributed by atoms with Gasteiger partial charge in [0, 0.05) is 29.1 Å². The third-order valence-electron chi connectivity index (χ3n) is 7.19. The van der Waals surface area contributed by atoms with Crippen LogP contribution in [0.4, 0.5) is 0 Å². The normalized spacial score (nSPS) is 17.1. The molecule has 5 heteroatoms. The summed E-state index contributed by atoms with van der Waals surface area (Å²) >= 11 is 0. The first-order valence-corrected chi connectivity index (χ1v) is 12.9. The number of ether oxygens (including phenoxy) is 1. The number of pyridine rings is 1. The minimum atomic E-state index is -0.694. The predicted octanol–water partition coefficient (Wildman–Crippen LogP) is 7.07. The lowest BCUT2D eigenvalue weighted by atomic mass is 9.76. The van der Waals surface area contributed by atoms with Crippen LogP contribution in [0, 0.1) is 24.2 Å². The fourth-order valence-electron chi connectivity index (χ4n) is 5.33. The monoisotopic (exact) mass is 500 g/mol. The molecule has 190 valence electrons. The van der Waals surface area contributed by atoms with E-state index >= 15 is 0 Å². The van der Waals surface area contributed by atoms with E-state index in [9.17, 15) is 5.26 Å². The number of aryl methyl sites for hydroxylation is 1. The summed E-state index contributed by atoms with van der Waals surface area (Å²) in [5, 5.41) is 14.6. The van der Waals surface area contributed by atoms with Gasteiger partial charge in [0.2, 0.25) is 0 Å². The van der Waals surface area contributed by atoms with Crippen molar-refractivity contribution in [2.75, 3.05) is 7.05 Å². The molecule has 4 aromatic rings. The molecule has 0 aliphatic carbocycles. The number of aliphatic imine (C=N–C) groups is 1. The molecule has 2 heterocycles. The van der Waals surface area contributed by atoms with E-state index in [0.717, 1.165) is 55.7 Å². The lowest BCUT2D eigenvalue weighted by Gasteiger charge is -2.36. The zero-order valence-corrected chi connectivity index (χ0v) is 22.5. The molecule has 1 atom stereocenters. The molecule has 0 spiro atoms. The summed E-state index contributed by atoms with van der Waals surface area (Å²) in [6, 6.07) is 25.1. The maximum atomic E-state index is 9.87. The molecule has 1 aromatic heterocycles. The number of nitrogens with zero attached hydrogens (tertiary/aromatic N) is 3. The molecular weight excluding hydrogens is 468 g/mol. The first-order chi connectivity index (χ1) is 18.3. The van der Waals surface area contributed by atoms with Crippen LogP contribution in [0.25, 0.3) is 22.0 Å². The summed E-state index contributed by atoms with van der Waals surface area (Å²) in [6.07, 6.45) is 3.88. The van der Waals surface area contributed by atoms with Gasteiger partial charge in [-0.3, -0.25) is 9.98 Å². The Labute approximate surface area is 224 Å². The molecule has 0 saturated carbocycles. The van der Waals surface area contributed by atoms with E-state index in [0.29, 0.717) is 11.5 Å².